The number of amides is 1. The Hall–Kier alpha value is -2.44. The number of nitrogens with zero attached hydrogens (tertiary/aromatic N) is 2. The molecule has 3 aromatic rings. The van der Waals surface area contributed by atoms with Gasteiger partial charge in [-0.2, -0.15) is 0 Å². The van der Waals surface area contributed by atoms with Gasteiger partial charge in [-0.15, -0.1) is 6.58 Å². The molecule has 1 heterocycles. The Morgan fingerprint density at radius 2 is 2.10 bits per heavy atom. The third kappa shape index (κ3) is 5.55. The summed E-state index contributed by atoms with van der Waals surface area (Å²) in [6.07, 6.45) is 3.73. The lowest BCUT2D eigenvalue weighted by molar-refractivity contribution is -0.131. The van der Waals surface area contributed by atoms with E-state index in [1.54, 1.807) is 35.4 Å². The van der Waals surface area contributed by atoms with E-state index in [9.17, 15) is 9.18 Å². The van der Waals surface area contributed by atoms with E-state index in [0.29, 0.717) is 35.2 Å². The molecular formula is C22H19BrClFN2O2. The molecule has 29 heavy (non-hydrogen) atoms. The lowest BCUT2D eigenvalue weighted by Gasteiger charge is -2.21. The number of rotatable bonds is 8. The first-order chi connectivity index (χ1) is 14.0. The van der Waals surface area contributed by atoms with Crippen molar-refractivity contribution >= 4 is 33.4 Å². The van der Waals surface area contributed by atoms with Crippen molar-refractivity contribution in [1.82, 2.24) is 9.88 Å². The van der Waals surface area contributed by atoms with Crippen LogP contribution in [0.3, 0.4) is 0 Å². The number of hydrogen-bond acceptors (Lipinski definition) is 3. The molecular weight excluding hydrogens is 459 g/mol. The molecule has 0 saturated carbocycles. The third-order valence-corrected chi connectivity index (χ3v) is 5.14. The number of aryl methyl sites for hydroxylation is 1. The molecule has 3 rings (SSSR count). The van der Waals surface area contributed by atoms with Gasteiger partial charge in [0.15, 0.2) is 11.7 Å². The van der Waals surface area contributed by atoms with Crippen LogP contribution in [-0.2, 0) is 17.8 Å². The van der Waals surface area contributed by atoms with Gasteiger partial charge in [-0.1, -0.05) is 45.7 Å². The summed E-state index contributed by atoms with van der Waals surface area (Å²) in [6, 6.07) is 12.0. The minimum atomic E-state index is -0.354. The Bertz CT molecular complexity index is 1020. The third-order valence-electron chi connectivity index (χ3n) is 4.32. The molecule has 0 spiro atoms. The monoisotopic (exact) mass is 476 g/mol. The van der Waals surface area contributed by atoms with Gasteiger partial charge in [0.05, 0.1) is 11.2 Å². The SMILES string of the molecule is C=CCN(Cc1cc(Br)ccc1F)C(=O)CCc1ncc(-c2ccccc2Cl)o1. The van der Waals surface area contributed by atoms with E-state index in [0.717, 1.165) is 10.0 Å². The van der Waals surface area contributed by atoms with E-state index < -0.39 is 0 Å². The topological polar surface area (TPSA) is 46.3 Å². The predicted octanol–water partition coefficient (Wildman–Crippen LogP) is 6.04. The van der Waals surface area contributed by atoms with E-state index in [2.05, 4.69) is 27.5 Å². The highest BCUT2D eigenvalue weighted by Gasteiger charge is 2.17. The fraction of sp³-hybridized carbons (Fsp3) is 0.182. The van der Waals surface area contributed by atoms with Gasteiger partial charge in [-0.25, -0.2) is 9.37 Å². The summed E-state index contributed by atoms with van der Waals surface area (Å²) < 4.78 is 20.6. The maximum absolute atomic E-state index is 14.1. The fourth-order valence-corrected chi connectivity index (χ4v) is 3.50. The summed E-state index contributed by atoms with van der Waals surface area (Å²) >= 11 is 9.51. The zero-order valence-electron chi connectivity index (χ0n) is 15.6. The molecule has 0 unspecified atom stereocenters. The highest BCUT2D eigenvalue weighted by molar-refractivity contribution is 9.10. The fourth-order valence-electron chi connectivity index (χ4n) is 2.86. The van der Waals surface area contributed by atoms with Gasteiger partial charge < -0.3 is 9.32 Å². The normalized spacial score (nSPS) is 10.7. The van der Waals surface area contributed by atoms with Gasteiger partial charge in [0, 0.05) is 41.5 Å². The summed E-state index contributed by atoms with van der Waals surface area (Å²) in [4.78, 5) is 18.5. The Morgan fingerprint density at radius 1 is 1.31 bits per heavy atom. The number of benzene rings is 2. The van der Waals surface area contributed by atoms with Gasteiger partial charge in [0.25, 0.3) is 0 Å². The van der Waals surface area contributed by atoms with Crippen LogP contribution in [0.1, 0.15) is 17.9 Å². The van der Waals surface area contributed by atoms with Gasteiger partial charge in [-0.3, -0.25) is 4.79 Å². The van der Waals surface area contributed by atoms with Crippen LogP contribution in [0.2, 0.25) is 5.02 Å². The van der Waals surface area contributed by atoms with Crippen molar-refractivity contribution in [2.75, 3.05) is 6.54 Å². The Labute approximate surface area is 182 Å². The first-order valence-electron chi connectivity index (χ1n) is 9.00. The number of oxazole rings is 1. The molecule has 0 saturated heterocycles. The molecule has 150 valence electrons. The molecule has 1 aromatic heterocycles. The van der Waals surface area contributed by atoms with Crippen molar-refractivity contribution in [2.45, 2.75) is 19.4 Å². The highest BCUT2D eigenvalue weighted by Crippen LogP contribution is 2.28. The molecule has 0 aliphatic carbocycles. The van der Waals surface area contributed by atoms with E-state index in [-0.39, 0.29) is 24.7 Å². The van der Waals surface area contributed by atoms with Crippen molar-refractivity contribution in [1.29, 1.82) is 0 Å². The van der Waals surface area contributed by atoms with Crippen molar-refractivity contribution in [3.63, 3.8) is 0 Å². The highest BCUT2D eigenvalue weighted by atomic mass is 79.9. The first kappa shape index (κ1) is 21.3. The van der Waals surface area contributed by atoms with Crippen molar-refractivity contribution in [3.8, 4) is 11.3 Å². The minimum Gasteiger partial charge on any atom is -0.441 e. The summed E-state index contributed by atoms with van der Waals surface area (Å²) in [5.41, 5.74) is 1.18. The second kappa shape index (κ2) is 9.85. The molecule has 0 bridgehead atoms. The standard InChI is InChI=1S/C22H19BrClFN2O2/c1-2-11-27(14-15-12-16(23)7-8-19(15)25)22(28)10-9-21-26-13-20(29-21)17-5-3-4-6-18(17)24/h2-8,12-13H,1,9-11,14H2. The minimum absolute atomic E-state index is 0.137. The second-order valence-corrected chi connectivity index (χ2v) is 7.72. The molecule has 0 fully saturated rings. The molecule has 0 atom stereocenters. The zero-order chi connectivity index (χ0) is 20.8. The smallest absolute Gasteiger partial charge is 0.223 e. The van der Waals surface area contributed by atoms with Gasteiger partial charge in [0.2, 0.25) is 5.91 Å². The maximum Gasteiger partial charge on any atom is 0.223 e. The molecule has 0 aliphatic heterocycles. The number of halogens is 3. The zero-order valence-corrected chi connectivity index (χ0v) is 17.9. The molecule has 7 heteroatoms. The Balaban J connectivity index is 1.66. The van der Waals surface area contributed by atoms with Gasteiger partial charge in [-0.05, 0) is 30.3 Å². The molecule has 0 radical (unpaired) electrons. The maximum atomic E-state index is 14.1. The van der Waals surface area contributed by atoms with E-state index in [1.165, 1.54) is 6.07 Å². The molecule has 4 nitrogen and oxygen atoms in total. The molecule has 2 aromatic carbocycles. The number of aromatic nitrogens is 1. The first-order valence-corrected chi connectivity index (χ1v) is 10.2. The van der Waals surface area contributed by atoms with E-state index >= 15 is 0 Å². The summed E-state index contributed by atoms with van der Waals surface area (Å²) in [6.45, 7) is 4.17. The summed E-state index contributed by atoms with van der Waals surface area (Å²) in [7, 11) is 0. The van der Waals surface area contributed by atoms with E-state index in [1.807, 2.05) is 18.2 Å². The van der Waals surface area contributed by atoms with Crippen LogP contribution < -0.4 is 0 Å². The van der Waals surface area contributed by atoms with Gasteiger partial charge >= 0.3 is 0 Å². The number of carbonyl (C=O) groups excluding carboxylic acids is 1. The number of hydrogen-bond donors (Lipinski definition) is 0. The van der Waals surface area contributed by atoms with Gasteiger partial charge in [0.1, 0.15) is 5.82 Å². The Kier molecular flexibility index (Phi) is 7.23. The second-order valence-electron chi connectivity index (χ2n) is 6.40. The Morgan fingerprint density at radius 3 is 2.86 bits per heavy atom. The van der Waals surface area contributed by atoms with Crippen LogP contribution in [0.15, 0.2) is 70.2 Å². The van der Waals surface area contributed by atoms with Crippen LogP contribution in [0.25, 0.3) is 11.3 Å². The molecule has 0 N–H and O–H groups in total. The summed E-state index contributed by atoms with van der Waals surface area (Å²) in [5.74, 6) is 0.506. The molecule has 1 amide bonds. The largest absolute Gasteiger partial charge is 0.441 e. The van der Waals surface area contributed by atoms with Crippen molar-refractivity contribution in [3.05, 3.63) is 88.1 Å². The average molecular weight is 478 g/mol. The lowest BCUT2D eigenvalue weighted by Crippen LogP contribution is -2.31. The molecule has 0 aliphatic rings. The summed E-state index contributed by atoms with van der Waals surface area (Å²) in [5, 5.41) is 0.569. The van der Waals surface area contributed by atoms with Crippen molar-refractivity contribution < 1.29 is 13.6 Å². The number of carbonyl (C=O) groups is 1. The van der Waals surface area contributed by atoms with Crippen LogP contribution in [0.5, 0.6) is 0 Å². The van der Waals surface area contributed by atoms with Crippen LogP contribution >= 0.6 is 27.5 Å². The predicted molar refractivity (Wildman–Crippen MR) is 115 cm³/mol. The quantitative estimate of drug-likeness (QED) is 0.371. The van der Waals surface area contributed by atoms with Crippen LogP contribution in [-0.4, -0.2) is 22.3 Å². The van der Waals surface area contributed by atoms with Crippen LogP contribution in [0.4, 0.5) is 4.39 Å². The van der Waals surface area contributed by atoms with E-state index in [4.69, 9.17) is 16.0 Å². The lowest BCUT2D eigenvalue weighted by atomic mass is 10.2. The average Bonchev–Trinajstić information content (AvgIpc) is 3.17. The van der Waals surface area contributed by atoms with Crippen LogP contribution in [0, 0.1) is 5.82 Å². The van der Waals surface area contributed by atoms with Crippen molar-refractivity contribution in [2.24, 2.45) is 0 Å².